The first kappa shape index (κ1) is 11.9. The molecule has 0 aliphatic rings. The molecule has 0 amide bonds. The molecule has 0 aliphatic heterocycles. The van der Waals surface area contributed by atoms with Gasteiger partial charge in [0, 0.05) is 23.8 Å². The first-order valence-corrected chi connectivity index (χ1v) is 6.32. The molecule has 3 aromatic rings. The lowest BCUT2D eigenvalue weighted by Crippen LogP contribution is -1.92. The predicted molar refractivity (Wildman–Crippen MR) is 76.9 cm³/mol. The SMILES string of the molecule is Cn1cnc(-c2ccccn2)c1-c1ccc(Cl)cc1. The van der Waals surface area contributed by atoms with Crippen LogP contribution < -0.4 is 0 Å². The van der Waals surface area contributed by atoms with Crippen LogP contribution in [0.1, 0.15) is 0 Å². The van der Waals surface area contributed by atoms with Gasteiger partial charge in [-0.2, -0.15) is 0 Å². The van der Waals surface area contributed by atoms with Gasteiger partial charge in [-0.15, -0.1) is 0 Å². The number of aryl methyl sites for hydroxylation is 1. The van der Waals surface area contributed by atoms with Gasteiger partial charge in [-0.05, 0) is 24.3 Å². The zero-order chi connectivity index (χ0) is 13.2. The van der Waals surface area contributed by atoms with Gasteiger partial charge >= 0.3 is 0 Å². The Kier molecular flexibility index (Phi) is 3.05. The summed E-state index contributed by atoms with van der Waals surface area (Å²) in [5, 5.41) is 0.727. The minimum Gasteiger partial charge on any atom is -0.333 e. The van der Waals surface area contributed by atoms with Crippen LogP contribution in [0.15, 0.2) is 55.0 Å². The topological polar surface area (TPSA) is 30.7 Å². The van der Waals surface area contributed by atoms with Crippen LogP contribution >= 0.6 is 11.6 Å². The lowest BCUT2D eigenvalue weighted by Gasteiger charge is -2.06. The van der Waals surface area contributed by atoms with Gasteiger partial charge in [-0.3, -0.25) is 4.98 Å². The van der Waals surface area contributed by atoms with Gasteiger partial charge in [-0.25, -0.2) is 4.98 Å². The normalized spacial score (nSPS) is 10.6. The third-order valence-electron chi connectivity index (χ3n) is 2.96. The summed E-state index contributed by atoms with van der Waals surface area (Å²) in [5.41, 5.74) is 3.86. The molecule has 3 nitrogen and oxygen atoms in total. The van der Waals surface area contributed by atoms with E-state index in [-0.39, 0.29) is 0 Å². The van der Waals surface area contributed by atoms with E-state index in [9.17, 15) is 0 Å². The fourth-order valence-electron chi connectivity index (χ4n) is 2.07. The van der Waals surface area contributed by atoms with Crippen LogP contribution in [0.5, 0.6) is 0 Å². The monoisotopic (exact) mass is 269 g/mol. The van der Waals surface area contributed by atoms with Crippen molar-refractivity contribution in [3.63, 3.8) is 0 Å². The lowest BCUT2D eigenvalue weighted by molar-refractivity contribution is 0.921. The van der Waals surface area contributed by atoms with E-state index in [0.717, 1.165) is 27.7 Å². The van der Waals surface area contributed by atoms with Gasteiger partial charge in [0.25, 0.3) is 0 Å². The molecule has 2 heterocycles. The molecule has 3 rings (SSSR count). The predicted octanol–water partition coefficient (Wildman–Crippen LogP) is 3.80. The van der Waals surface area contributed by atoms with Crippen molar-refractivity contribution < 1.29 is 0 Å². The smallest absolute Gasteiger partial charge is 0.115 e. The van der Waals surface area contributed by atoms with E-state index in [2.05, 4.69) is 9.97 Å². The molecule has 0 aliphatic carbocycles. The summed E-state index contributed by atoms with van der Waals surface area (Å²) in [7, 11) is 1.98. The lowest BCUT2D eigenvalue weighted by atomic mass is 10.1. The van der Waals surface area contributed by atoms with Crippen molar-refractivity contribution in [3.8, 4) is 22.6 Å². The van der Waals surface area contributed by atoms with E-state index in [1.807, 2.05) is 54.1 Å². The highest BCUT2D eigenvalue weighted by molar-refractivity contribution is 6.30. The van der Waals surface area contributed by atoms with Gasteiger partial charge in [-0.1, -0.05) is 29.8 Å². The van der Waals surface area contributed by atoms with Crippen LogP contribution in [0.4, 0.5) is 0 Å². The van der Waals surface area contributed by atoms with E-state index >= 15 is 0 Å². The highest BCUT2D eigenvalue weighted by Gasteiger charge is 2.13. The summed E-state index contributed by atoms with van der Waals surface area (Å²) in [5.74, 6) is 0. The fraction of sp³-hybridized carbons (Fsp3) is 0.0667. The van der Waals surface area contributed by atoms with Crippen molar-refractivity contribution in [2.45, 2.75) is 0 Å². The van der Waals surface area contributed by atoms with Gasteiger partial charge in [0.15, 0.2) is 0 Å². The van der Waals surface area contributed by atoms with Crippen molar-refractivity contribution in [2.24, 2.45) is 7.05 Å². The van der Waals surface area contributed by atoms with Crippen LogP contribution in [-0.2, 0) is 7.05 Å². The highest BCUT2D eigenvalue weighted by Crippen LogP contribution is 2.29. The zero-order valence-electron chi connectivity index (χ0n) is 10.4. The Hall–Kier alpha value is -2.13. The average molecular weight is 270 g/mol. The van der Waals surface area contributed by atoms with Gasteiger partial charge in [0.05, 0.1) is 17.7 Å². The van der Waals surface area contributed by atoms with Crippen molar-refractivity contribution in [1.29, 1.82) is 0 Å². The number of pyridine rings is 1. The van der Waals surface area contributed by atoms with Crippen LogP contribution in [0.25, 0.3) is 22.6 Å². The second-order valence-corrected chi connectivity index (χ2v) is 4.71. The van der Waals surface area contributed by atoms with Gasteiger partial charge < -0.3 is 4.57 Å². The number of nitrogens with zero attached hydrogens (tertiary/aromatic N) is 3. The minimum absolute atomic E-state index is 0.727. The standard InChI is InChI=1S/C15H12ClN3/c1-19-10-18-14(13-4-2-3-9-17-13)15(19)11-5-7-12(16)8-6-11/h2-10H,1H3. The molecule has 0 saturated carbocycles. The molecule has 19 heavy (non-hydrogen) atoms. The van der Waals surface area contributed by atoms with Crippen LogP contribution in [0, 0.1) is 0 Å². The van der Waals surface area contributed by atoms with Crippen molar-refractivity contribution in [1.82, 2.24) is 14.5 Å². The molecule has 4 heteroatoms. The number of benzene rings is 1. The summed E-state index contributed by atoms with van der Waals surface area (Å²) < 4.78 is 1.99. The Morgan fingerprint density at radius 2 is 1.79 bits per heavy atom. The fourth-order valence-corrected chi connectivity index (χ4v) is 2.19. The first-order chi connectivity index (χ1) is 9.25. The van der Waals surface area contributed by atoms with Crippen molar-refractivity contribution >= 4 is 11.6 Å². The molecule has 0 fully saturated rings. The largest absolute Gasteiger partial charge is 0.333 e. The van der Waals surface area contributed by atoms with E-state index in [4.69, 9.17) is 11.6 Å². The Bertz CT molecular complexity index is 687. The average Bonchev–Trinajstić information content (AvgIpc) is 2.83. The molecule has 0 radical (unpaired) electrons. The highest BCUT2D eigenvalue weighted by atomic mass is 35.5. The minimum atomic E-state index is 0.727. The Balaban J connectivity index is 2.17. The van der Waals surface area contributed by atoms with Crippen LogP contribution in [0.2, 0.25) is 5.02 Å². The van der Waals surface area contributed by atoms with Crippen molar-refractivity contribution in [2.75, 3.05) is 0 Å². The maximum absolute atomic E-state index is 5.93. The Morgan fingerprint density at radius 1 is 1.00 bits per heavy atom. The second-order valence-electron chi connectivity index (χ2n) is 4.27. The zero-order valence-corrected chi connectivity index (χ0v) is 11.2. The van der Waals surface area contributed by atoms with Crippen molar-refractivity contribution in [3.05, 3.63) is 60.0 Å². The summed E-state index contributed by atoms with van der Waals surface area (Å²) in [6, 6.07) is 13.6. The summed E-state index contributed by atoms with van der Waals surface area (Å²) in [6.07, 6.45) is 3.57. The number of halogens is 1. The molecule has 0 spiro atoms. The van der Waals surface area contributed by atoms with E-state index in [1.54, 1.807) is 12.5 Å². The van der Waals surface area contributed by atoms with Crippen LogP contribution in [0.3, 0.4) is 0 Å². The quantitative estimate of drug-likeness (QED) is 0.708. The molecule has 0 bridgehead atoms. The number of hydrogen-bond acceptors (Lipinski definition) is 2. The maximum Gasteiger partial charge on any atom is 0.115 e. The number of aromatic nitrogens is 3. The molecule has 0 unspecified atom stereocenters. The first-order valence-electron chi connectivity index (χ1n) is 5.94. The van der Waals surface area contributed by atoms with Crippen LogP contribution in [-0.4, -0.2) is 14.5 Å². The van der Waals surface area contributed by atoms with Gasteiger partial charge in [0.2, 0.25) is 0 Å². The number of rotatable bonds is 2. The van der Waals surface area contributed by atoms with E-state index in [0.29, 0.717) is 0 Å². The molecule has 0 atom stereocenters. The second kappa shape index (κ2) is 4.86. The van der Waals surface area contributed by atoms with E-state index < -0.39 is 0 Å². The Labute approximate surface area is 116 Å². The van der Waals surface area contributed by atoms with Gasteiger partial charge in [0.1, 0.15) is 5.69 Å². The summed E-state index contributed by atoms with van der Waals surface area (Å²) in [6.45, 7) is 0. The maximum atomic E-state index is 5.93. The molecule has 94 valence electrons. The Morgan fingerprint density at radius 3 is 2.47 bits per heavy atom. The summed E-state index contributed by atoms with van der Waals surface area (Å²) in [4.78, 5) is 8.82. The summed E-state index contributed by atoms with van der Waals surface area (Å²) >= 11 is 5.93. The van der Waals surface area contributed by atoms with E-state index in [1.165, 1.54) is 0 Å². The third kappa shape index (κ3) is 2.25. The molecule has 0 saturated heterocycles. The molecule has 2 aromatic heterocycles. The molecule has 0 N–H and O–H groups in total. The number of imidazole rings is 1. The third-order valence-corrected chi connectivity index (χ3v) is 3.21. The number of hydrogen-bond donors (Lipinski definition) is 0. The molecular formula is C15H12ClN3. The molecule has 1 aromatic carbocycles. The molecular weight excluding hydrogens is 258 g/mol.